The molecule has 3 rings (SSSR count). The van der Waals surface area contributed by atoms with Crippen LogP contribution >= 0.6 is 15.9 Å². The summed E-state index contributed by atoms with van der Waals surface area (Å²) < 4.78 is 1.02. The van der Waals surface area contributed by atoms with E-state index in [1.54, 1.807) is 0 Å². The SMILES string of the molecule is CCN1c2ccc(C=Nc3ccc(C)cc3Br)cc2C(C)=CC1(C)C. The normalized spacial score (nSPS) is 16.1. The van der Waals surface area contributed by atoms with Gasteiger partial charge in [0.2, 0.25) is 0 Å². The third-order valence-corrected chi connectivity index (χ3v) is 5.41. The molecule has 25 heavy (non-hydrogen) atoms. The van der Waals surface area contributed by atoms with E-state index in [-0.39, 0.29) is 5.54 Å². The molecule has 0 aromatic heterocycles. The van der Waals surface area contributed by atoms with Crippen molar-refractivity contribution in [1.29, 1.82) is 0 Å². The van der Waals surface area contributed by atoms with Crippen LogP contribution in [-0.4, -0.2) is 18.3 Å². The number of halogens is 1. The highest BCUT2D eigenvalue weighted by atomic mass is 79.9. The lowest BCUT2D eigenvalue weighted by atomic mass is 9.88. The summed E-state index contributed by atoms with van der Waals surface area (Å²) in [4.78, 5) is 7.11. The van der Waals surface area contributed by atoms with Gasteiger partial charge in [-0.1, -0.05) is 18.2 Å². The highest BCUT2D eigenvalue weighted by molar-refractivity contribution is 9.10. The number of rotatable bonds is 3. The zero-order chi connectivity index (χ0) is 18.2. The number of hydrogen-bond acceptors (Lipinski definition) is 2. The van der Waals surface area contributed by atoms with Gasteiger partial charge < -0.3 is 4.90 Å². The van der Waals surface area contributed by atoms with E-state index >= 15 is 0 Å². The summed E-state index contributed by atoms with van der Waals surface area (Å²) in [5.74, 6) is 0. The third kappa shape index (κ3) is 3.57. The van der Waals surface area contributed by atoms with Crippen molar-refractivity contribution < 1.29 is 0 Å². The van der Waals surface area contributed by atoms with Crippen molar-refractivity contribution in [3.63, 3.8) is 0 Å². The number of benzene rings is 2. The maximum atomic E-state index is 4.65. The van der Waals surface area contributed by atoms with E-state index in [0.29, 0.717) is 0 Å². The van der Waals surface area contributed by atoms with Crippen LogP contribution < -0.4 is 4.90 Å². The van der Waals surface area contributed by atoms with Crippen molar-refractivity contribution >= 4 is 39.1 Å². The molecule has 3 heteroatoms. The third-order valence-electron chi connectivity index (χ3n) is 4.77. The lowest BCUT2D eigenvalue weighted by Crippen LogP contribution is -2.44. The molecule has 2 aromatic carbocycles. The standard InChI is InChI=1S/C22H25BrN2/c1-6-25-21-10-8-17(12-18(21)16(3)13-22(25,4)5)14-24-20-9-7-15(2)11-19(20)23/h7-14H,6H2,1-5H3. The van der Waals surface area contributed by atoms with E-state index in [1.165, 1.54) is 22.4 Å². The molecule has 130 valence electrons. The summed E-state index contributed by atoms with van der Waals surface area (Å²) in [7, 11) is 0. The summed E-state index contributed by atoms with van der Waals surface area (Å²) in [6.07, 6.45) is 4.30. The number of aliphatic imine (C=N–C) groups is 1. The number of fused-ring (bicyclic) bond motifs is 1. The minimum atomic E-state index is 0.0498. The Balaban J connectivity index is 1.96. The fourth-order valence-electron chi connectivity index (χ4n) is 3.62. The highest BCUT2D eigenvalue weighted by Gasteiger charge is 2.29. The summed E-state index contributed by atoms with van der Waals surface area (Å²) >= 11 is 3.59. The van der Waals surface area contributed by atoms with Crippen molar-refractivity contribution in [2.45, 2.75) is 40.2 Å². The van der Waals surface area contributed by atoms with Crippen molar-refractivity contribution in [3.05, 3.63) is 63.6 Å². The monoisotopic (exact) mass is 396 g/mol. The molecule has 1 aliphatic rings. The second-order valence-electron chi connectivity index (χ2n) is 7.21. The fraction of sp³-hybridized carbons (Fsp3) is 0.318. The molecule has 0 bridgehead atoms. The topological polar surface area (TPSA) is 15.6 Å². The summed E-state index contributed by atoms with van der Waals surface area (Å²) in [5, 5.41) is 0. The Kier molecular flexibility index (Phi) is 4.88. The molecule has 0 N–H and O–H groups in total. The Morgan fingerprint density at radius 2 is 1.88 bits per heavy atom. The maximum Gasteiger partial charge on any atom is 0.0772 e. The van der Waals surface area contributed by atoms with Crippen LogP contribution in [0.2, 0.25) is 0 Å². The summed E-state index contributed by atoms with van der Waals surface area (Å²) in [5.41, 5.74) is 7.28. The highest BCUT2D eigenvalue weighted by Crippen LogP contribution is 2.39. The first-order valence-electron chi connectivity index (χ1n) is 8.73. The van der Waals surface area contributed by atoms with Crippen molar-refractivity contribution in [1.82, 2.24) is 0 Å². The van der Waals surface area contributed by atoms with Crippen LogP contribution in [0.15, 0.2) is 51.9 Å². The molecule has 0 spiro atoms. The first-order chi connectivity index (χ1) is 11.8. The minimum absolute atomic E-state index is 0.0498. The Hall–Kier alpha value is -1.87. The molecule has 1 heterocycles. The van der Waals surface area contributed by atoms with Gasteiger partial charge in [-0.25, -0.2) is 0 Å². The van der Waals surface area contributed by atoms with Gasteiger partial charge in [0.25, 0.3) is 0 Å². The van der Waals surface area contributed by atoms with E-state index in [2.05, 4.69) is 96.8 Å². The quantitative estimate of drug-likeness (QED) is 0.538. The second-order valence-corrected chi connectivity index (χ2v) is 8.07. The van der Waals surface area contributed by atoms with E-state index in [0.717, 1.165) is 22.3 Å². The van der Waals surface area contributed by atoms with E-state index in [9.17, 15) is 0 Å². The fourth-order valence-corrected chi connectivity index (χ4v) is 4.22. The van der Waals surface area contributed by atoms with Gasteiger partial charge in [0, 0.05) is 28.5 Å². The molecule has 0 atom stereocenters. The van der Waals surface area contributed by atoms with Crippen LogP contribution in [0.1, 0.15) is 44.4 Å². The van der Waals surface area contributed by atoms with Gasteiger partial charge in [-0.2, -0.15) is 0 Å². The maximum absolute atomic E-state index is 4.65. The van der Waals surface area contributed by atoms with Crippen LogP contribution in [0.3, 0.4) is 0 Å². The number of nitrogens with zero attached hydrogens (tertiary/aromatic N) is 2. The predicted molar refractivity (Wildman–Crippen MR) is 113 cm³/mol. The van der Waals surface area contributed by atoms with Crippen molar-refractivity contribution in [2.24, 2.45) is 4.99 Å². The molecular formula is C22H25BrN2. The van der Waals surface area contributed by atoms with Gasteiger partial charge in [-0.3, -0.25) is 4.99 Å². The Labute approximate surface area is 159 Å². The van der Waals surface area contributed by atoms with Crippen LogP contribution in [0.5, 0.6) is 0 Å². The van der Waals surface area contributed by atoms with Crippen LogP contribution in [0.25, 0.3) is 5.57 Å². The average molecular weight is 397 g/mol. The Bertz CT molecular complexity index is 862. The number of aryl methyl sites for hydroxylation is 1. The molecule has 0 unspecified atom stereocenters. The zero-order valence-electron chi connectivity index (χ0n) is 15.6. The molecule has 0 amide bonds. The minimum Gasteiger partial charge on any atom is -0.363 e. The lowest BCUT2D eigenvalue weighted by Gasteiger charge is -2.42. The number of anilines is 1. The molecule has 1 aliphatic heterocycles. The predicted octanol–water partition coefficient (Wildman–Crippen LogP) is 6.53. The van der Waals surface area contributed by atoms with Gasteiger partial charge in [0.05, 0.1) is 11.2 Å². The molecule has 0 aliphatic carbocycles. The summed E-state index contributed by atoms with van der Waals surface area (Å²) in [6, 6.07) is 12.8. The van der Waals surface area contributed by atoms with Gasteiger partial charge in [-0.15, -0.1) is 0 Å². The number of hydrogen-bond donors (Lipinski definition) is 0. The smallest absolute Gasteiger partial charge is 0.0772 e. The van der Waals surface area contributed by atoms with Gasteiger partial charge in [0.15, 0.2) is 0 Å². The zero-order valence-corrected chi connectivity index (χ0v) is 17.2. The van der Waals surface area contributed by atoms with E-state index < -0.39 is 0 Å². The van der Waals surface area contributed by atoms with Crippen molar-refractivity contribution in [2.75, 3.05) is 11.4 Å². The number of likely N-dealkylation sites (N-methyl/N-ethyl adjacent to an activating group) is 1. The van der Waals surface area contributed by atoms with Gasteiger partial charge >= 0.3 is 0 Å². The largest absolute Gasteiger partial charge is 0.363 e. The summed E-state index contributed by atoms with van der Waals surface area (Å²) in [6.45, 7) is 12.0. The van der Waals surface area contributed by atoms with E-state index in [4.69, 9.17) is 0 Å². The molecule has 2 aromatic rings. The Morgan fingerprint density at radius 3 is 2.56 bits per heavy atom. The lowest BCUT2D eigenvalue weighted by molar-refractivity contribution is 0.566. The first kappa shape index (κ1) is 17.9. The second kappa shape index (κ2) is 6.80. The number of allylic oxidation sites excluding steroid dienone is 1. The molecule has 2 nitrogen and oxygen atoms in total. The van der Waals surface area contributed by atoms with Gasteiger partial charge in [-0.05, 0) is 91.5 Å². The molecule has 0 saturated heterocycles. The molecule has 0 radical (unpaired) electrons. The van der Waals surface area contributed by atoms with Crippen LogP contribution in [0.4, 0.5) is 11.4 Å². The van der Waals surface area contributed by atoms with Crippen LogP contribution in [-0.2, 0) is 0 Å². The first-order valence-corrected chi connectivity index (χ1v) is 9.53. The molecular weight excluding hydrogens is 372 g/mol. The van der Waals surface area contributed by atoms with Crippen molar-refractivity contribution in [3.8, 4) is 0 Å². The van der Waals surface area contributed by atoms with Gasteiger partial charge in [0.1, 0.15) is 0 Å². The van der Waals surface area contributed by atoms with Crippen LogP contribution in [0, 0.1) is 6.92 Å². The van der Waals surface area contributed by atoms with E-state index in [1.807, 2.05) is 12.3 Å². The average Bonchev–Trinajstić information content (AvgIpc) is 2.54. The molecule has 0 saturated carbocycles. The Morgan fingerprint density at radius 1 is 1.12 bits per heavy atom. The molecule has 0 fully saturated rings.